The summed E-state index contributed by atoms with van der Waals surface area (Å²) in [6.45, 7) is 16.0. The quantitative estimate of drug-likeness (QED) is 0.539. The summed E-state index contributed by atoms with van der Waals surface area (Å²) in [4.78, 5) is 0. The summed E-state index contributed by atoms with van der Waals surface area (Å²) in [5, 5.41) is 9.78. The molecule has 1 rings (SSSR count). The van der Waals surface area contributed by atoms with Crippen molar-refractivity contribution in [2.45, 2.75) is 65.1 Å². The molecule has 0 heterocycles. The third-order valence-corrected chi connectivity index (χ3v) is 10.5. The van der Waals surface area contributed by atoms with Crippen LogP contribution < -0.4 is 14.2 Å². The van der Waals surface area contributed by atoms with Crippen molar-refractivity contribution in [3.8, 4) is 17.2 Å². The molecule has 6 heteroatoms. The molecule has 0 saturated heterocycles. The maximum atomic E-state index is 9.64. The van der Waals surface area contributed by atoms with Crippen LogP contribution in [0.2, 0.25) is 18.1 Å². The van der Waals surface area contributed by atoms with Crippen LogP contribution in [-0.2, 0) is 4.43 Å². The second-order valence-corrected chi connectivity index (χ2v) is 14.0. The van der Waals surface area contributed by atoms with Gasteiger partial charge in [0.1, 0.15) is 5.75 Å². The maximum absolute atomic E-state index is 9.64. The number of hydrogen-bond acceptors (Lipinski definition) is 5. The van der Waals surface area contributed by atoms with Gasteiger partial charge >= 0.3 is 0 Å². The first-order chi connectivity index (χ1) is 12.9. The Morgan fingerprint density at radius 2 is 1.61 bits per heavy atom. The molecule has 0 aliphatic carbocycles. The van der Waals surface area contributed by atoms with Crippen molar-refractivity contribution < 1.29 is 23.7 Å². The van der Waals surface area contributed by atoms with Crippen molar-refractivity contribution in [3.05, 3.63) is 17.2 Å². The van der Waals surface area contributed by atoms with Gasteiger partial charge in [-0.15, -0.1) is 0 Å². The molecule has 0 fully saturated rings. The van der Waals surface area contributed by atoms with Gasteiger partial charge in [0.15, 0.2) is 19.8 Å². The molecule has 0 aromatic heterocycles. The van der Waals surface area contributed by atoms with Crippen LogP contribution in [-0.4, -0.2) is 48.0 Å². The van der Waals surface area contributed by atoms with Crippen LogP contribution >= 0.6 is 0 Å². The molecule has 1 aromatic carbocycles. The SMILES string of the molecule is COc1cc(C(CO[Si](C)(C)C(C)(C)C)C[C@H](C)CO)c(OC)c(C)c1OC. The van der Waals surface area contributed by atoms with Crippen LogP contribution in [0.5, 0.6) is 17.2 Å². The highest BCUT2D eigenvalue weighted by Gasteiger charge is 2.38. The minimum atomic E-state index is -1.90. The largest absolute Gasteiger partial charge is 0.496 e. The summed E-state index contributed by atoms with van der Waals surface area (Å²) in [5.41, 5.74) is 1.95. The molecule has 0 amide bonds. The zero-order valence-corrected chi connectivity index (χ0v) is 20.4. The number of aliphatic hydroxyl groups is 1. The van der Waals surface area contributed by atoms with Gasteiger partial charge in [-0.05, 0) is 43.5 Å². The third kappa shape index (κ3) is 5.64. The van der Waals surface area contributed by atoms with Crippen LogP contribution in [0.1, 0.15) is 51.2 Å². The lowest BCUT2D eigenvalue weighted by atomic mass is 9.88. The molecule has 0 aliphatic heterocycles. The lowest BCUT2D eigenvalue weighted by Gasteiger charge is -2.38. The van der Waals surface area contributed by atoms with Crippen LogP contribution in [0.25, 0.3) is 0 Å². The van der Waals surface area contributed by atoms with Gasteiger partial charge in [-0.3, -0.25) is 0 Å². The summed E-state index contributed by atoms with van der Waals surface area (Å²) >= 11 is 0. The zero-order chi connectivity index (χ0) is 21.7. The highest BCUT2D eigenvalue weighted by atomic mass is 28.4. The molecule has 0 aliphatic rings. The number of rotatable bonds is 10. The van der Waals surface area contributed by atoms with Gasteiger partial charge in [0.25, 0.3) is 0 Å². The molecular weight excluding hydrogens is 372 g/mol. The fraction of sp³-hybridized carbons (Fsp3) is 0.727. The Labute approximate surface area is 172 Å². The Kier molecular flexibility index (Phi) is 8.84. The average Bonchev–Trinajstić information content (AvgIpc) is 2.62. The fourth-order valence-electron chi connectivity index (χ4n) is 3.13. The molecule has 1 N–H and O–H groups in total. The maximum Gasteiger partial charge on any atom is 0.192 e. The number of methoxy groups -OCH3 is 3. The molecule has 0 bridgehead atoms. The van der Waals surface area contributed by atoms with Crippen LogP contribution in [0.4, 0.5) is 0 Å². The highest BCUT2D eigenvalue weighted by molar-refractivity contribution is 6.74. The number of aliphatic hydroxyl groups excluding tert-OH is 1. The Morgan fingerprint density at radius 1 is 1.04 bits per heavy atom. The van der Waals surface area contributed by atoms with Gasteiger partial charge in [-0.2, -0.15) is 0 Å². The van der Waals surface area contributed by atoms with E-state index in [0.717, 1.165) is 23.3 Å². The zero-order valence-electron chi connectivity index (χ0n) is 19.4. The van der Waals surface area contributed by atoms with E-state index in [1.165, 1.54) is 0 Å². The molecule has 0 spiro atoms. The second kappa shape index (κ2) is 9.99. The summed E-state index contributed by atoms with van der Waals surface area (Å²) < 4.78 is 23.4. The van der Waals surface area contributed by atoms with Crippen LogP contribution in [0, 0.1) is 12.8 Å². The lowest BCUT2D eigenvalue weighted by molar-refractivity contribution is 0.196. The molecule has 0 saturated carbocycles. The topological polar surface area (TPSA) is 57.2 Å². The standard InChI is InChI=1S/C22H40O5Si/c1-15(13-23)11-17(14-27-28(9,10)22(3,4)5)18-12-19(24-6)21(26-8)16(2)20(18)25-7/h12,15,17,23H,11,13-14H2,1-10H3/t15-,17?/m0/s1. The van der Waals surface area contributed by atoms with Gasteiger partial charge in [0, 0.05) is 30.3 Å². The van der Waals surface area contributed by atoms with E-state index in [0.29, 0.717) is 18.1 Å². The van der Waals surface area contributed by atoms with Crippen molar-refractivity contribution in [2.24, 2.45) is 5.92 Å². The van der Waals surface area contributed by atoms with Gasteiger partial charge in [-0.1, -0.05) is 27.7 Å². The van der Waals surface area contributed by atoms with Gasteiger partial charge in [0.2, 0.25) is 0 Å². The minimum Gasteiger partial charge on any atom is -0.496 e. The summed E-state index contributed by atoms with van der Waals surface area (Å²) in [6.07, 6.45) is 0.802. The normalized spacial score (nSPS) is 14.5. The first-order valence-electron chi connectivity index (χ1n) is 9.97. The van der Waals surface area contributed by atoms with Gasteiger partial charge in [0.05, 0.1) is 21.3 Å². The third-order valence-electron chi connectivity index (χ3n) is 5.97. The Bertz CT molecular complexity index is 637. The van der Waals surface area contributed by atoms with E-state index in [1.807, 2.05) is 13.0 Å². The van der Waals surface area contributed by atoms with Gasteiger partial charge < -0.3 is 23.7 Å². The van der Waals surface area contributed by atoms with Crippen molar-refractivity contribution >= 4 is 8.32 Å². The smallest absolute Gasteiger partial charge is 0.192 e. The Hall–Kier alpha value is -1.24. The molecule has 28 heavy (non-hydrogen) atoms. The van der Waals surface area contributed by atoms with E-state index in [2.05, 4.69) is 40.8 Å². The van der Waals surface area contributed by atoms with E-state index in [9.17, 15) is 5.11 Å². The summed E-state index contributed by atoms with van der Waals surface area (Å²) in [6, 6.07) is 1.99. The number of benzene rings is 1. The molecule has 5 nitrogen and oxygen atoms in total. The fourth-order valence-corrected chi connectivity index (χ4v) is 4.18. The molecule has 1 unspecified atom stereocenters. The first-order valence-corrected chi connectivity index (χ1v) is 12.9. The molecule has 2 atom stereocenters. The van der Waals surface area contributed by atoms with E-state index < -0.39 is 8.32 Å². The second-order valence-electron chi connectivity index (χ2n) is 9.15. The van der Waals surface area contributed by atoms with Crippen molar-refractivity contribution in [2.75, 3.05) is 34.5 Å². The molecule has 1 aromatic rings. The average molecular weight is 413 g/mol. The Balaban J connectivity index is 3.40. The molecular formula is C22H40O5Si. The van der Waals surface area contributed by atoms with E-state index >= 15 is 0 Å². The van der Waals surface area contributed by atoms with Crippen molar-refractivity contribution in [1.29, 1.82) is 0 Å². The summed E-state index contributed by atoms with van der Waals surface area (Å²) in [7, 11) is 3.06. The predicted molar refractivity (Wildman–Crippen MR) is 118 cm³/mol. The van der Waals surface area contributed by atoms with Crippen molar-refractivity contribution in [3.63, 3.8) is 0 Å². The summed E-state index contributed by atoms with van der Waals surface area (Å²) in [5.74, 6) is 2.41. The number of ether oxygens (including phenoxy) is 3. The van der Waals surface area contributed by atoms with E-state index in [1.54, 1.807) is 21.3 Å². The highest BCUT2D eigenvalue weighted by Crippen LogP contribution is 2.45. The predicted octanol–water partition coefficient (Wildman–Crippen LogP) is 5.14. The van der Waals surface area contributed by atoms with Crippen LogP contribution in [0.3, 0.4) is 0 Å². The van der Waals surface area contributed by atoms with Gasteiger partial charge in [-0.25, -0.2) is 0 Å². The Morgan fingerprint density at radius 3 is 2.04 bits per heavy atom. The lowest BCUT2D eigenvalue weighted by Crippen LogP contribution is -2.41. The molecule has 0 radical (unpaired) electrons. The first kappa shape index (κ1) is 24.8. The van der Waals surface area contributed by atoms with Crippen molar-refractivity contribution in [1.82, 2.24) is 0 Å². The van der Waals surface area contributed by atoms with E-state index in [4.69, 9.17) is 18.6 Å². The monoisotopic (exact) mass is 412 g/mol. The minimum absolute atomic E-state index is 0.0877. The van der Waals surface area contributed by atoms with Crippen LogP contribution in [0.15, 0.2) is 6.07 Å². The molecule has 162 valence electrons. The van der Waals surface area contributed by atoms with E-state index in [-0.39, 0.29) is 23.5 Å². The number of hydrogen-bond donors (Lipinski definition) is 1.